The molecule has 0 fully saturated rings. The average Bonchev–Trinajstić information content (AvgIpc) is 3.80. The van der Waals surface area contributed by atoms with E-state index in [0.29, 0.717) is 0 Å². The van der Waals surface area contributed by atoms with Crippen LogP contribution in [0.5, 0.6) is 0 Å². The Morgan fingerprint density at radius 2 is 0.810 bits per heavy atom. The van der Waals surface area contributed by atoms with Gasteiger partial charge in [-0.2, -0.15) is 12.1 Å². The van der Waals surface area contributed by atoms with Crippen molar-refractivity contribution in [2.75, 3.05) is 28.2 Å². The molecule has 58 heavy (non-hydrogen) atoms. The van der Waals surface area contributed by atoms with Gasteiger partial charge in [0.05, 0.1) is 28.2 Å². The van der Waals surface area contributed by atoms with Gasteiger partial charge in [0, 0.05) is 20.6 Å². The Labute approximate surface area is 369 Å². The van der Waals surface area contributed by atoms with Gasteiger partial charge < -0.3 is 0 Å². The van der Waals surface area contributed by atoms with Gasteiger partial charge in [-0.25, -0.2) is 0 Å². The summed E-state index contributed by atoms with van der Waals surface area (Å²) in [6.07, 6.45) is 0. The van der Waals surface area contributed by atoms with Gasteiger partial charge in [-0.3, -0.25) is 8.97 Å². The minimum atomic E-state index is -0.826. The first-order valence-corrected chi connectivity index (χ1v) is 28.0. The fraction of sp³-hybridized carbons (Fsp3) is 0.192. The molecule has 6 heteroatoms. The zero-order valence-corrected chi connectivity index (χ0v) is 40.2. The zero-order valence-electron chi connectivity index (χ0n) is 35.2. The summed E-state index contributed by atoms with van der Waals surface area (Å²) in [4.78, 5) is 0. The van der Waals surface area contributed by atoms with E-state index in [0.717, 1.165) is 31.6 Å². The van der Waals surface area contributed by atoms with Crippen molar-refractivity contribution in [2.24, 2.45) is 0 Å². The van der Waals surface area contributed by atoms with Crippen molar-refractivity contribution in [2.45, 2.75) is 40.0 Å². The number of hydrogen-bond acceptors (Lipinski definition) is 0. The number of quaternary nitrogens is 2. The number of rotatable bonds is 8. The van der Waals surface area contributed by atoms with Crippen LogP contribution in [0.1, 0.15) is 22.3 Å². The van der Waals surface area contributed by atoms with Gasteiger partial charge in [-0.1, -0.05) is 111 Å². The maximum absolute atomic E-state index is 4.93. The second kappa shape index (κ2) is 21.4. The van der Waals surface area contributed by atoms with Crippen LogP contribution in [0.4, 0.5) is 11.4 Å². The second-order valence-corrected chi connectivity index (χ2v) is 20.7. The third kappa shape index (κ3) is 12.1. The summed E-state index contributed by atoms with van der Waals surface area (Å²) in [6.45, 7) is 10.6. The van der Waals surface area contributed by atoms with Gasteiger partial charge in [0.15, 0.2) is 0 Å². The fourth-order valence-corrected chi connectivity index (χ4v) is 7.62. The number of fused-ring (bicyclic) bond motifs is 2. The van der Waals surface area contributed by atoms with E-state index < -0.39 is 20.8 Å². The van der Waals surface area contributed by atoms with Crippen LogP contribution >= 0.6 is 17.0 Å². The predicted octanol–water partition coefficient (Wildman–Crippen LogP) is 14.8. The zero-order chi connectivity index (χ0) is 41.7. The molecule has 0 aliphatic rings. The molecule has 0 N–H and O–H groups in total. The number of benzene rings is 6. The van der Waals surface area contributed by atoms with Crippen molar-refractivity contribution in [3.05, 3.63) is 192 Å². The van der Waals surface area contributed by atoms with Crippen molar-refractivity contribution in [1.82, 2.24) is 8.97 Å². The predicted molar refractivity (Wildman–Crippen MR) is 256 cm³/mol. The summed E-state index contributed by atoms with van der Waals surface area (Å²) >= 11 is -0.826. The van der Waals surface area contributed by atoms with Crippen molar-refractivity contribution < 1.29 is 20.8 Å². The van der Waals surface area contributed by atoms with Crippen LogP contribution in [-0.4, -0.2) is 37.7 Å². The Morgan fingerprint density at radius 1 is 0.483 bits per heavy atom. The Bertz CT molecular complexity index is 2280. The van der Waals surface area contributed by atoms with Gasteiger partial charge in [0.1, 0.15) is 24.5 Å². The van der Waals surface area contributed by atoms with E-state index in [4.69, 9.17) is 17.0 Å². The third-order valence-corrected chi connectivity index (χ3v) is 10.4. The SMILES string of the molecule is C[Si]C.Cc1cc2c(-c3ccc([N+](C)(C)Cc4ccccc4)cc3)cccc2[cH-]1.Cc1cc2c(-c3ccc([N+](C)(C)Cc4ccccc4)cc3)cccc2[cH-]1.[Cl][Zr+2][Cl]. The summed E-state index contributed by atoms with van der Waals surface area (Å²) in [5.41, 5.74) is 13.2. The van der Waals surface area contributed by atoms with Crippen LogP contribution in [0.15, 0.2) is 170 Å². The number of hydrogen-bond donors (Lipinski definition) is 0. The van der Waals surface area contributed by atoms with Crippen LogP contribution in [0.25, 0.3) is 43.8 Å². The molecule has 8 aromatic carbocycles. The number of aryl methyl sites for hydroxylation is 2. The molecule has 0 aliphatic heterocycles. The third-order valence-electron chi connectivity index (χ3n) is 10.4. The average molecular weight is 899 g/mol. The van der Waals surface area contributed by atoms with Gasteiger partial charge >= 0.3 is 37.9 Å². The van der Waals surface area contributed by atoms with Crippen molar-refractivity contribution in [3.63, 3.8) is 0 Å². The van der Waals surface area contributed by atoms with E-state index in [1.807, 2.05) is 0 Å². The molecule has 294 valence electrons. The summed E-state index contributed by atoms with van der Waals surface area (Å²) in [5, 5.41) is 5.33. The minimum absolute atomic E-state index is 0.826. The van der Waals surface area contributed by atoms with Gasteiger partial charge in [0.2, 0.25) is 0 Å². The Morgan fingerprint density at radius 3 is 1.14 bits per heavy atom. The molecule has 0 atom stereocenters. The van der Waals surface area contributed by atoms with E-state index >= 15 is 0 Å². The molecule has 0 saturated carbocycles. The first kappa shape index (κ1) is 45.2. The first-order valence-electron chi connectivity index (χ1n) is 19.7. The fourth-order valence-electron chi connectivity index (χ4n) is 7.62. The van der Waals surface area contributed by atoms with Crippen LogP contribution in [0, 0.1) is 13.8 Å². The molecule has 0 aliphatic carbocycles. The summed E-state index contributed by atoms with van der Waals surface area (Å²) in [6, 6.07) is 61.8. The van der Waals surface area contributed by atoms with Crippen molar-refractivity contribution in [3.8, 4) is 22.3 Å². The molecule has 8 aromatic rings. The molecule has 2 nitrogen and oxygen atoms in total. The van der Waals surface area contributed by atoms with E-state index in [9.17, 15) is 0 Å². The Kier molecular flexibility index (Phi) is 16.7. The van der Waals surface area contributed by atoms with Gasteiger partial charge in [-0.05, 0) is 59.7 Å². The first-order chi connectivity index (χ1) is 27.9. The topological polar surface area (TPSA) is 0 Å². The summed E-state index contributed by atoms with van der Waals surface area (Å²) < 4.78 is 1.67. The monoisotopic (exact) mass is 896 g/mol. The molecule has 0 spiro atoms. The van der Waals surface area contributed by atoms with E-state index in [1.165, 1.54) is 77.4 Å². The maximum atomic E-state index is 4.93. The molecular formula is C52H56Cl2N2SiZr+2. The standard InChI is InChI=1S/2C25H25N.C2H6Si.2ClH.Zr/c2*1-19-16-22-10-7-11-24(25(22)17-19)21-12-14-23(15-13-21)26(2,3)18-20-8-5-4-6-9-20;1-3-2;;;/h2*4-17H,18H2,1-3H3;1-2H3;2*1H;/q;;;;;+4/p-2. The summed E-state index contributed by atoms with van der Waals surface area (Å²) in [7, 11) is 20.0. The Balaban J connectivity index is 0.000000195. The summed E-state index contributed by atoms with van der Waals surface area (Å²) in [5.74, 6) is 0. The second-order valence-electron chi connectivity index (χ2n) is 16.0. The van der Waals surface area contributed by atoms with Crippen LogP contribution < -0.4 is 8.97 Å². The van der Waals surface area contributed by atoms with Crippen molar-refractivity contribution in [1.29, 1.82) is 0 Å². The molecule has 2 radical (unpaired) electrons. The number of halogens is 2. The van der Waals surface area contributed by atoms with Gasteiger partial charge in [0.25, 0.3) is 0 Å². The molecule has 0 amide bonds. The Hall–Kier alpha value is -3.86. The van der Waals surface area contributed by atoms with Gasteiger partial charge in [-0.15, -0.1) is 69.1 Å². The van der Waals surface area contributed by atoms with E-state index in [2.05, 4.69) is 225 Å². The van der Waals surface area contributed by atoms with Crippen LogP contribution in [0.2, 0.25) is 13.1 Å². The quantitative estimate of drug-likeness (QED) is 0.0810. The molecule has 0 aromatic heterocycles. The number of nitrogens with zero attached hydrogens (tertiary/aromatic N) is 2. The molecule has 8 rings (SSSR count). The van der Waals surface area contributed by atoms with Crippen molar-refractivity contribution >= 4 is 59.5 Å². The van der Waals surface area contributed by atoms with Crippen LogP contribution in [0.3, 0.4) is 0 Å². The molecule has 0 unspecified atom stereocenters. The normalized spacial score (nSPS) is 11.1. The molecule has 0 bridgehead atoms. The van der Waals surface area contributed by atoms with E-state index in [1.54, 1.807) is 0 Å². The molecule has 0 heterocycles. The van der Waals surface area contributed by atoms with Crippen LogP contribution in [-0.2, 0) is 33.9 Å². The van der Waals surface area contributed by atoms with E-state index in [-0.39, 0.29) is 0 Å². The molecular weight excluding hydrogens is 843 g/mol. The molecule has 0 saturated heterocycles.